The summed E-state index contributed by atoms with van der Waals surface area (Å²) in [6.07, 6.45) is 1.22. The summed E-state index contributed by atoms with van der Waals surface area (Å²) < 4.78 is 12.8. The molecular formula is C17H19FN2O2S. The number of halogens is 1. The Morgan fingerprint density at radius 2 is 1.78 bits per heavy atom. The maximum atomic E-state index is 12.8. The fourth-order valence-corrected chi connectivity index (χ4v) is 2.39. The first-order chi connectivity index (χ1) is 11.1. The second kappa shape index (κ2) is 8.55. The number of aliphatic hydroxyl groups excluding tert-OH is 1. The van der Waals surface area contributed by atoms with Crippen molar-refractivity contribution in [2.24, 2.45) is 0 Å². The van der Waals surface area contributed by atoms with Crippen LogP contribution in [0.2, 0.25) is 0 Å². The van der Waals surface area contributed by atoms with Gasteiger partial charge in [-0.2, -0.15) is 0 Å². The lowest BCUT2D eigenvalue weighted by molar-refractivity contribution is 0.173. The molecule has 0 saturated heterocycles. The van der Waals surface area contributed by atoms with Gasteiger partial charge in [0, 0.05) is 18.0 Å². The molecule has 0 saturated carbocycles. The second-order valence-electron chi connectivity index (χ2n) is 4.98. The summed E-state index contributed by atoms with van der Waals surface area (Å²) in [5, 5.41) is 15.3. The van der Waals surface area contributed by atoms with Gasteiger partial charge in [0.1, 0.15) is 5.82 Å². The molecule has 2 aromatic rings. The van der Waals surface area contributed by atoms with E-state index in [0.29, 0.717) is 6.54 Å². The smallest absolute Gasteiger partial charge is 0.315 e. The molecule has 0 aliphatic rings. The Labute approximate surface area is 139 Å². The van der Waals surface area contributed by atoms with Gasteiger partial charge in [0.25, 0.3) is 0 Å². The number of carbonyl (C=O) groups is 1. The molecule has 2 amide bonds. The Balaban J connectivity index is 1.75. The quantitative estimate of drug-likeness (QED) is 0.712. The maximum absolute atomic E-state index is 12.8. The van der Waals surface area contributed by atoms with E-state index in [9.17, 15) is 14.3 Å². The Morgan fingerprint density at radius 1 is 1.13 bits per heavy atom. The predicted octanol–water partition coefficient (Wildman–Crippen LogP) is 3.08. The summed E-state index contributed by atoms with van der Waals surface area (Å²) in [4.78, 5) is 12.8. The Morgan fingerprint density at radius 3 is 2.39 bits per heavy atom. The molecule has 0 heterocycles. The Bertz CT molecular complexity index is 632. The second-order valence-corrected chi connectivity index (χ2v) is 5.86. The molecule has 0 fully saturated rings. The van der Waals surface area contributed by atoms with Crippen molar-refractivity contribution in [3.8, 4) is 0 Å². The normalized spacial score (nSPS) is 11.8. The molecule has 122 valence electrons. The molecule has 3 N–H and O–H groups in total. The van der Waals surface area contributed by atoms with Crippen LogP contribution in [0.25, 0.3) is 0 Å². The van der Waals surface area contributed by atoms with Crippen molar-refractivity contribution in [1.82, 2.24) is 10.6 Å². The molecule has 0 aromatic heterocycles. The highest BCUT2D eigenvalue weighted by Crippen LogP contribution is 2.18. The molecule has 0 aliphatic carbocycles. The first kappa shape index (κ1) is 17.3. The van der Waals surface area contributed by atoms with Crippen LogP contribution in [0.1, 0.15) is 17.2 Å². The van der Waals surface area contributed by atoms with Crippen LogP contribution in [0.15, 0.2) is 53.4 Å². The lowest BCUT2D eigenvalue weighted by atomic mass is 10.1. The third-order valence-corrected chi connectivity index (χ3v) is 4.07. The molecule has 0 radical (unpaired) electrons. The summed E-state index contributed by atoms with van der Waals surface area (Å²) in [7, 11) is 0. The third kappa shape index (κ3) is 5.58. The zero-order valence-corrected chi connectivity index (χ0v) is 13.6. The van der Waals surface area contributed by atoms with E-state index in [0.717, 1.165) is 16.0 Å². The van der Waals surface area contributed by atoms with Gasteiger partial charge < -0.3 is 15.7 Å². The van der Waals surface area contributed by atoms with Gasteiger partial charge in [0.2, 0.25) is 0 Å². The van der Waals surface area contributed by atoms with E-state index in [4.69, 9.17) is 0 Å². The number of rotatable bonds is 6. The number of hydrogen-bond donors (Lipinski definition) is 3. The van der Waals surface area contributed by atoms with Gasteiger partial charge >= 0.3 is 6.03 Å². The van der Waals surface area contributed by atoms with E-state index in [1.54, 1.807) is 23.9 Å². The molecule has 23 heavy (non-hydrogen) atoms. The standard InChI is InChI=1S/C17H19FN2O2S/c1-23-15-8-4-13(5-9-15)16(21)11-20-17(22)19-10-12-2-6-14(18)7-3-12/h2-9,16,21H,10-11H2,1H3,(H2,19,20,22). The average Bonchev–Trinajstić information content (AvgIpc) is 2.59. The van der Waals surface area contributed by atoms with Crippen molar-refractivity contribution in [2.75, 3.05) is 12.8 Å². The lowest BCUT2D eigenvalue weighted by Gasteiger charge is -2.13. The molecular weight excluding hydrogens is 315 g/mol. The van der Waals surface area contributed by atoms with Crippen molar-refractivity contribution in [3.63, 3.8) is 0 Å². The van der Waals surface area contributed by atoms with Crippen LogP contribution in [0.4, 0.5) is 9.18 Å². The number of benzene rings is 2. The third-order valence-electron chi connectivity index (χ3n) is 3.32. The SMILES string of the molecule is CSc1ccc(C(O)CNC(=O)NCc2ccc(F)cc2)cc1. The molecule has 0 aliphatic heterocycles. The largest absolute Gasteiger partial charge is 0.387 e. The first-order valence-corrected chi connectivity index (χ1v) is 8.39. The van der Waals surface area contributed by atoms with Crippen LogP contribution in [0, 0.1) is 5.82 Å². The summed E-state index contributed by atoms with van der Waals surface area (Å²) in [6.45, 7) is 0.415. The molecule has 1 unspecified atom stereocenters. The van der Waals surface area contributed by atoms with Gasteiger partial charge in [-0.25, -0.2) is 9.18 Å². The molecule has 6 heteroatoms. The monoisotopic (exact) mass is 334 g/mol. The van der Waals surface area contributed by atoms with Crippen LogP contribution in [-0.4, -0.2) is 23.9 Å². The van der Waals surface area contributed by atoms with Gasteiger partial charge in [0.05, 0.1) is 6.10 Å². The van der Waals surface area contributed by atoms with E-state index in [-0.39, 0.29) is 18.4 Å². The highest BCUT2D eigenvalue weighted by Gasteiger charge is 2.09. The number of nitrogens with one attached hydrogen (secondary N) is 2. The van der Waals surface area contributed by atoms with Crippen LogP contribution in [0.5, 0.6) is 0 Å². The highest BCUT2D eigenvalue weighted by molar-refractivity contribution is 7.98. The number of urea groups is 1. The topological polar surface area (TPSA) is 61.4 Å². The van der Waals surface area contributed by atoms with E-state index in [2.05, 4.69) is 10.6 Å². The van der Waals surface area contributed by atoms with Gasteiger partial charge in [-0.05, 0) is 41.6 Å². The van der Waals surface area contributed by atoms with Gasteiger partial charge in [-0.1, -0.05) is 24.3 Å². The van der Waals surface area contributed by atoms with E-state index < -0.39 is 6.10 Å². The Kier molecular flexibility index (Phi) is 6.43. The van der Waals surface area contributed by atoms with Crippen LogP contribution < -0.4 is 10.6 Å². The van der Waals surface area contributed by atoms with Crippen molar-refractivity contribution >= 4 is 17.8 Å². The fraction of sp³-hybridized carbons (Fsp3) is 0.235. The number of amides is 2. The number of thioether (sulfide) groups is 1. The molecule has 2 aromatic carbocycles. The first-order valence-electron chi connectivity index (χ1n) is 7.16. The van der Waals surface area contributed by atoms with Gasteiger partial charge in [-0.3, -0.25) is 0 Å². The van der Waals surface area contributed by atoms with E-state index >= 15 is 0 Å². The van der Waals surface area contributed by atoms with Gasteiger partial charge in [0.15, 0.2) is 0 Å². The van der Waals surface area contributed by atoms with Crippen molar-refractivity contribution in [1.29, 1.82) is 0 Å². The Hall–Kier alpha value is -2.05. The van der Waals surface area contributed by atoms with Gasteiger partial charge in [-0.15, -0.1) is 11.8 Å². The minimum absolute atomic E-state index is 0.119. The zero-order chi connectivity index (χ0) is 16.7. The molecule has 1 atom stereocenters. The lowest BCUT2D eigenvalue weighted by Crippen LogP contribution is -2.37. The van der Waals surface area contributed by atoms with Crippen molar-refractivity contribution < 1.29 is 14.3 Å². The molecule has 0 bridgehead atoms. The number of carbonyl (C=O) groups excluding carboxylic acids is 1. The van der Waals surface area contributed by atoms with Crippen LogP contribution in [-0.2, 0) is 6.54 Å². The van der Waals surface area contributed by atoms with Crippen LogP contribution in [0.3, 0.4) is 0 Å². The minimum Gasteiger partial charge on any atom is -0.387 e. The van der Waals surface area contributed by atoms with Crippen LogP contribution >= 0.6 is 11.8 Å². The number of aliphatic hydroxyl groups is 1. The summed E-state index contributed by atoms with van der Waals surface area (Å²) in [5.41, 5.74) is 1.55. The molecule has 2 rings (SSSR count). The summed E-state index contributed by atoms with van der Waals surface area (Å²) >= 11 is 1.63. The highest BCUT2D eigenvalue weighted by atomic mass is 32.2. The van der Waals surface area contributed by atoms with E-state index in [1.807, 2.05) is 30.5 Å². The molecule has 4 nitrogen and oxygen atoms in total. The van der Waals surface area contributed by atoms with Crippen molar-refractivity contribution in [2.45, 2.75) is 17.5 Å². The van der Waals surface area contributed by atoms with E-state index in [1.165, 1.54) is 12.1 Å². The van der Waals surface area contributed by atoms with Crippen molar-refractivity contribution in [3.05, 3.63) is 65.5 Å². The summed E-state index contributed by atoms with van der Waals surface area (Å²) in [5.74, 6) is -0.311. The minimum atomic E-state index is -0.762. The average molecular weight is 334 g/mol. The fourth-order valence-electron chi connectivity index (χ4n) is 1.98. The maximum Gasteiger partial charge on any atom is 0.315 e. The summed E-state index contributed by atoms with van der Waals surface area (Å²) in [6, 6.07) is 13.1. The number of hydrogen-bond acceptors (Lipinski definition) is 3. The molecule has 0 spiro atoms. The predicted molar refractivity (Wildman–Crippen MR) is 89.8 cm³/mol. The zero-order valence-electron chi connectivity index (χ0n) is 12.8.